The van der Waals surface area contributed by atoms with Gasteiger partial charge in [-0.1, -0.05) is 12.5 Å². The molecule has 140 valence electrons. The molecule has 0 bridgehead atoms. The van der Waals surface area contributed by atoms with Crippen LogP contribution in [0.15, 0.2) is 24.0 Å². The Bertz CT molecular complexity index is 481. The molecular formula is C20H33N3O2. The van der Waals surface area contributed by atoms with E-state index >= 15 is 0 Å². The molecule has 0 spiro atoms. The van der Waals surface area contributed by atoms with Crippen molar-refractivity contribution in [1.82, 2.24) is 15.1 Å². The van der Waals surface area contributed by atoms with Crippen molar-refractivity contribution in [3.63, 3.8) is 0 Å². The molecule has 1 aliphatic carbocycles. The Morgan fingerprint density at radius 1 is 1.00 bits per heavy atom. The minimum Gasteiger partial charge on any atom is -0.379 e. The van der Waals surface area contributed by atoms with E-state index in [1.807, 2.05) is 0 Å². The summed E-state index contributed by atoms with van der Waals surface area (Å²) in [6.07, 6.45) is 15.6. The monoisotopic (exact) mass is 347 g/mol. The molecule has 1 N–H and O–H groups in total. The zero-order valence-electron chi connectivity index (χ0n) is 15.4. The molecule has 2 unspecified atom stereocenters. The van der Waals surface area contributed by atoms with E-state index in [9.17, 15) is 0 Å². The predicted octanol–water partition coefficient (Wildman–Crippen LogP) is 2.46. The second-order valence-electron chi connectivity index (χ2n) is 7.79. The zero-order valence-corrected chi connectivity index (χ0v) is 15.4. The van der Waals surface area contributed by atoms with Crippen LogP contribution in [0.3, 0.4) is 0 Å². The van der Waals surface area contributed by atoms with E-state index in [0.29, 0.717) is 0 Å². The number of ether oxygens (including phenoxy) is 2. The van der Waals surface area contributed by atoms with Crippen LogP contribution >= 0.6 is 0 Å². The van der Waals surface area contributed by atoms with Crippen LogP contribution in [-0.2, 0) is 9.47 Å². The summed E-state index contributed by atoms with van der Waals surface area (Å²) in [6.45, 7) is 6.30. The summed E-state index contributed by atoms with van der Waals surface area (Å²) in [7, 11) is 0. The lowest BCUT2D eigenvalue weighted by molar-refractivity contribution is -0.0445. The molecule has 25 heavy (non-hydrogen) atoms. The van der Waals surface area contributed by atoms with Crippen LogP contribution in [0.25, 0.3) is 0 Å². The van der Waals surface area contributed by atoms with Crippen LogP contribution in [-0.4, -0.2) is 67.6 Å². The molecule has 5 nitrogen and oxygen atoms in total. The first-order valence-corrected chi connectivity index (χ1v) is 10.3. The maximum Gasteiger partial charge on any atom is 0.148 e. The average Bonchev–Trinajstić information content (AvgIpc) is 2.97. The van der Waals surface area contributed by atoms with Crippen LogP contribution in [0.5, 0.6) is 0 Å². The summed E-state index contributed by atoms with van der Waals surface area (Å²) in [5.74, 6) is 1.22. The summed E-state index contributed by atoms with van der Waals surface area (Å²) >= 11 is 0. The normalized spacial score (nSPS) is 32.3. The van der Waals surface area contributed by atoms with Gasteiger partial charge in [-0.05, 0) is 50.7 Å². The Kier molecular flexibility index (Phi) is 5.95. The smallest absolute Gasteiger partial charge is 0.148 e. The van der Waals surface area contributed by atoms with Crippen molar-refractivity contribution < 1.29 is 9.47 Å². The molecule has 2 atom stereocenters. The summed E-state index contributed by atoms with van der Waals surface area (Å²) in [5, 5.41) is 3.59. The third kappa shape index (κ3) is 4.57. The molecule has 0 aromatic rings. The number of dihydropyridines is 1. The first-order chi connectivity index (χ1) is 12.4. The summed E-state index contributed by atoms with van der Waals surface area (Å²) in [4.78, 5) is 5.21. The minimum atomic E-state index is -0.0299. The van der Waals surface area contributed by atoms with Gasteiger partial charge in [0.25, 0.3) is 0 Å². The lowest BCUT2D eigenvalue weighted by Crippen LogP contribution is -2.44. The van der Waals surface area contributed by atoms with Gasteiger partial charge in [0.05, 0.1) is 12.7 Å². The molecule has 2 saturated heterocycles. The second-order valence-corrected chi connectivity index (χ2v) is 7.79. The number of allylic oxidation sites excluding steroid dienone is 2. The highest BCUT2D eigenvalue weighted by atomic mass is 16.5. The van der Waals surface area contributed by atoms with Gasteiger partial charge in [0.2, 0.25) is 0 Å². The average molecular weight is 348 g/mol. The largest absolute Gasteiger partial charge is 0.379 e. The first kappa shape index (κ1) is 17.4. The van der Waals surface area contributed by atoms with Crippen LogP contribution in [0.2, 0.25) is 0 Å². The van der Waals surface area contributed by atoms with Crippen molar-refractivity contribution >= 4 is 0 Å². The van der Waals surface area contributed by atoms with Gasteiger partial charge in [-0.15, -0.1) is 0 Å². The molecule has 3 aliphatic heterocycles. The first-order valence-electron chi connectivity index (χ1n) is 10.3. The van der Waals surface area contributed by atoms with Crippen molar-refractivity contribution in [1.29, 1.82) is 0 Å². The van der Waals surface area contributed by atoms with E-state index in [4.69, 9.17) is 9.47 Å². The molecule has 0 aromatic heterocycles. The standard InChI is InChI=1S/C20H33N3O2/c1-2-15-24-16-18(8-1)25-20-10-4-9-19(21-20)23-12-5-11-22(13-14-23)17-6-3-7-17/h4,9-10,17-18,20-21H,1-3,5-8,11-16H2. The number of hydrogen-bond donors (Lipinski definition) is 1. The third-order valence-corrected chi connectivity index (χ3v) is 6.00. The Labute approximate surface area is 152 Å². The fourth-order valence-electron chi connectivity index (χ4n) is 4.25. The number of rotatable bonds is 4. The maximum atomic E-state index is 6.25. The SMILES string of the molecule is C1=CC(OC2CCCCOC2)NC(N2CCCN(C3CCC3)CC2)=C1. The molecule has 3 heterocycles. The van der Waals surface area contributed by atoms with Gasteiger partial charge in [-0.25, -0.2) is 0 Å². The molecule has 0 aromatic carbocycles. The van der Waals surface area contributed by atoms with Gasteiger partial charge >= 0.3 is 0 Å². The van der Waals surface area contributed by atoms with E-state index in [0.717, 1.165) is 45.2 Å². The Hall–Kier alpha value is -1.04. The van der Waals surface area contributed by atoms with Gasteiger partial charge in [0, 0.05) is 38.8 Å². The second kappa shape index (κ2) is 8.56. The van der Waals surface area contributed by atoms with Crippen LogP contribution in [0.1, 0.15) is 44.9 Å². The van der Waals surface area contributed by atoms with Gasteiger partial charge in [0.1, 0.15) is 12.0 Å². The lowest BCUT2D eigenvalue weighted by Gasteiger charge is -2.37. The van der Waals surface area contributed by atoms with E-state index < -0.39 is 0 Å². The summed E-state index contributed by atoms with van der Waals surface area (Å²) in [5.41, 5.74) is 0. The van der Waals surface area contributed by atoms with Crippen LogP contribution < -0.4 is 5.32 Å². The van der Waals surface area contributed by atoms with Gasteiger partial charge in [-0.2, -0.15) is 0 Å². The zero-order chi connectivity index (χ0) is 16.9. The molecule has 0 amide bonds. The Morgan fingerprint density at radius 2 is 1.96 bits per heavy atom. The third-order valence-electron chi connectivity index (χ3n) is 6.00. The van der Waals surface area contributed by atoms with Crippen molar-refractivity contribution in [2.45, 2.75) is 63.3 Å². The van der Waals surface area contributed by atoms with Crippen molar-refractivity contribution in [3.05, 3.63) is 24.0 Å². The van der Waals surface area contributed by atoms with E-state index in [1.54, 1.807) is 0 Å². The number of nitrogens with one attached hydrogen (secondary N) is 1. The highest BCUT2D eigenvalue weighted by molar-refractivity contribution is 5.18. The quantitative estimate of drug-likeness (QED) is 0.845. The Morgan fingerprint density at radius 3 is 2.84 bits per heavy atom. The van der Waals surface area contributed by atoms with E-state index in [-0.39, 0.29) is 12.3 Å². The molecule has 3 fully saturated rings. The van der Waals surface area contributed by atoms with Gasteiger partial charge in [-0.3, -0.25) is 4.90 Å². The highest BCUT2D eigenvalue weighted by Gasteiger charge is 2.28. The molecule has 0 radical (unpaired) electrons. The molecule has 4 aliphatic rings. The predicted molar refractivity (Wildman–Crippen MR) is 99.1 cm³/mol. The van der Waals surface area contributed by atoms with Crippen molar-refractivity contribution in [2.24, 2.45) is 0 Å². The van der Waals surface area contributed by atoms with Crippen LogP contribution in [0.4, 0.5) is 0 Å². The van der Waals surface area contributed by atoms with Crippen molar-refractivity contribution in [2.75, 3.05) is 39.4 Å². The van der Waals surface area contributed by atoms with E-state index in [1.165, 1.54) is 51.0 Å². The Balaban J connectivity index is 1.28. The highest BCUT2D eigenvalue weighted by Crippen LogP contribution is 2.26. The lowest BCUT2D eigenvalue weighted by atomic mass is 9.91. The fourth-order valence-corrected chi connectivity index (χ4v) is 4.25. The summed E-state index contributed by atoms with van der Waals surface area (Å²) in [6, 6.07) is 0.861. The molecule has 1 saturated carbocycles. The molecular weight excluding hydrogens is 314 g/mol. The van der Waals surface area contributed by atoms with Gasteiger partial charge in [0.15, 0.2) is 0 Å². The van der Waals surface area contributed by atoms with Crippen LogP contribution in [0, 0.1) is 0 Å². The maximum absolute atomic E-state index is 6.25. The van der Waals surface area contributed by atoms with E-state index in [2.05, 4.69) is 33.3 Å². The number of nitrogens with zero attached hydrogens (tertiary/aromatic N) is 2. The number of hydrogen-bond acceptors (Lipinski definition) is 5. The fraction of sp³-hybridized carbons (Fsp3) is 0.800. The molecule has 4 rings (SSSR count). The minimum absolute atomic E-state index is 0.0299. The topological polar surface area (TPSA) is 37.0 Å². The summed E-state index contributed by atoms with van der Waals surface area (Å²) < 4.78 is 11.9. The van der Waals surface area contributed by atoms with Gasteiger partial charge < -0.3 is 19.7 Å². The van der Waals surface area contributed by atoms with Crippen molar-refractivity contribution in [3.8, 4) is 0 Å². The molecule has 5 heteroatoms.